The summed E-state index contributed by atoms with van der Waals surface area (Å²) >= 11 is 6.07. The fourth-order valence-corrected chi connectivity index (χ4v) is 3.62. The predicted molar refractivity (Wildman–Crippen MR) is 109 cm³/mol. The molecule has 1 amide bonds. The number of hydrogen-bond acceptors (Lipinski definition) is 3. The summed E-state index contributed by atoms with van der Waals surface area (Å²) in [5.41, 5.74) is 4.68. The summed E-state index contributed by atoms with van der Waals surface area (Å²) in [6.07, 6.45) is 0.518. The number of amides is 1. The maximum atomic E-state index is 12.5. The summed E-state index contributed by atoms with van der Waals surface area (Å²) in [6.45, 7) is 8.04. The molecule has 5 heteroatoms. The van der Waals surface area contributed by atoms with Crippen molar-refractivity contribution in [2.75, 3.05) is 42.9 Å². The van der Waals surface area contributed by atoms with Crippen molar-refractivity contribution < 1.29 is 4.79 Å². The Kier molecular flexibility index (Phi) is 6.04. The first-order valence-corrected chi connectivity index (χ1v) is 9.49. The highest BCUT2D eigenvalue weighted by molar-refractivity contribution is 6.30. The van der Waals surface area contributed by atoms with E-state index in [0.717, 1.165) is 42.6 Å². The third kappa shape index (κ3) is 4.92. The van der Waals surface area contributed by atoms with E-state index < -0.39 is 0 Å². The molecule has 1 aliphatic heterocycles. The topological polar surface area (TPSA) is 35.6 Å². The Bertz CT molecular complexity index is 749. The predicted octanol–water partition coefficient (Wildman–Crippen LogP) is 4.11. The van der Waals surface area contributed by atoms with Gasteiger partial charge in [0.15, 0.2) is 0 Å². The molecule has 2 aromatic rings. The van der Waals surface area contributed by atoms with Crippen molar-refractivity contribution >= 4 is 28.9 Å². The van der Waals surface area contributed by atoms with Gasteiger partial charge in [0.1, 0.15) is 0 Å². The Hall–Kier alpha value is -2.20. The van der Waals surface area contributed by atoms with Crippen molar-refractivity contribution in [1.82, 2.24) is 4.90 Å². The van der Waals surface area contributed by atoms with Crippen molar-refractivity contribution in [2.45, 2.75) is 20.3 Å². The molecule has 1 N–H and O–H groups in total. The van der Waals surface area contributed by atoms with Gasteiger partial charge in [0.05, 0.1) is 0 Å². The van der Waals surface area contributed by atoms with Gasteiger partial charge in [-0.25, -0.2) is 0 Å². The molecule has 2 aromatic carbocycles. The fourth-order valence-electron chi connectivity index (χ4n) is 3.44. The van der Waals surface area contributed by atoms with Crippen molar-refractivity contribution in [3.05, 3.63) is 58.6 Å². The molecular weight excluding hydrogens is 346 g/mol. The van der Waals surface area contributed by atoms with Crippen LogP contribution in [0.2, 0.25) is 5.02 Å². The van der Waals surface area contributed by atoms with Crippen LogP contribution < -0.4 is 10.2 Å². The molecule has 26 heavy (non-hydrogen) atoms. The number of aryl methyl sites for hydroxylation is 2. The third-order valence-corrected chi connectivity index (χ3v) is 4.93. The molecule has 4 nitrogen and oxygen atoms in total. The van der Waals surface area contributed by atoms with Gasteiger partial charge in [0, 0.05) is 55.5 Å². The molecule has 1 aliphatic rings. The van der Waals surface area contributed by atoms with E-state index in [2.05, 4.69) is 48.3 Å². The van der Waals surface area contributed by atoms with Crippen LogP contribution in [0.1, 0.15) is 17.5 Å². The van der Waals surface area contributed by atoms with Crippen LogP contribution in [-0.2, 0) is 4.79 Å². The average Bonchev–Trinajstić information content (AvgIpc) is 2.61. The number of halogens is 1. The van der Waals surface area contributed by atoms with Gasteiger partial charge in [-0.05, 0) is 55.3 Å². The monoisotopic (exact) mass is 371 g/mol. The number of carbonyl (C=O) groups is 1. The lowest BCUT2D eigenvalue weighted by Crippen LogP contribution is -2.49. The molecule has 1 fully saturated rings. The Morgan fingerprint density at radius 2 is 1.73 bits per heavy atom. The molecule has 3 rings (SSSR count). The number of nitrogens with zero attached hydrogens (tertiary/aromatic N) is 2. The zero-order valence-electron chi connectivity index (χ0n) is 15.5. The first-order valence-electron chi connectivity index (χ1n) is 9.12. The van der Waals surface area contributed by atoms with Gasteiger partial charge in [-0.15, -0.1) is 0 Å². The van der Waals surface area contributed by atoms with Crippen LogP contribution in [-0.4, -0.2) is 43.5 Å². The molecule has 1 saturated heterocycles. The molecule has 0 radical (unpaired) electrons. The van der Waals surface area contributed by atoms with Gasteiger partial charge in [0.2, 0.25) is 5.91 Å². The molecule has 138 valence electrons. The minimum absolute atomic E-state index is 0.215. The van der Waals surface area contributed by atoms with Gasteiger partial charge in [0.25, 0.3) is 0 Å². The number of hydrogen-bond donors (Lipinski definition) is 1. The van der Waals surface area contributed by atoms with E-state index in [1.165, 1.54) is 11.1 Å². The van der Waals surface area contributed by atoms with Crippen LogP contribution >= 0.6 is 11.6 Å². The van der Waals surface area contributed by atoms with Crippen LogP contribution in [0.4, 0.5) is 11.4 Å². The molecule has 0 aliphatic carbocycles. The van der Waals surface area contributed by atoms with E-state index in [4.69, 9.17) is 11.6 Å². The number of anilines is 2. The number of piperazine rings is 1. The zero-order chi connectivity index (χ0) is 18.5. The zero-order valence-corrected chi connectivity index (χ0v) is 16.2. The average molecular weight is 372 g/mol. The Balaban J connectivity index is 1.45. The van der Waals surface area contributed by atoms with Crippen molar-refractivity contribution in [2.24, 2.45) is 0 Å². The maximum Gasteiger partial charge on any atom is 0.224 e. The van der Waals surface area contributed by atoms with Crippen molar-refractivity contribution in [3.8, 4) is 0 Å². The van der Waals surface area contributed by atoms with Gasteiger partial charge < -0.3 is 15.1 Å². The highest BCUT2D eigenvalue weighted by Crippen LogP contribution is 2.21. The van der Waals surface area contributed by atoms with Crippen LogP contribution in [0.3, 0.4) is 0 Å². The molecule has 0 aromatic heterocycles. The SMILES string of the molecule is Cc1cc(C)cc(NCCC(=O)N2CCN(c3cccc(Cl)c3)CC2)c1. The fraction of sp³-hybridized carbons (Fsp3) is 0.381. The van der Waals surface area contributed by atoms with E-state index in [1.807, 2.05) is 23.1 Å². The molecule has 0 atom stereocenters. The minimum Gasteiger partial charge on any atom is -0.385 e. The first-order chi connectivity index (χ1) is 12.5. The first kappa shape index (κ1) is 18.6. The summed E-state index contributed by atoms with van der Waals surface area (Å²) < 4.78 is 0. The summed E-state index contributed by atoms with van der Waals surface area (Å²) in [4.78, 5) is 16.7. The van der Waals surface area contributed by atoms with Gasteiger partial charge in [-0.2, -0.15) is 0 Å². The lowest BCUT2D eigenvalue weighted by molar-refractivity contribution is -0.131. The van der Waals surface area contributed by atoms with Crippen molar-refractivity contribution in [1.29, 1.82) is 0 Å². The quantitative estimate of drug-likeness (QED) is 0.859. The highest BCUT2D eigenvalue weighted by Gasteiger charge is 2.21. The summed E-state index contributed by atoms with van der Waals surface area (Å²) in [5.74, 6) is 0.215. The lowest BCUT2D eigenvalue weighted by Gasteiger charge is -2.36. The molecular formula is C21H26ClN3O. The van der Waals surface area contributed by atoms with E-state index in [9.17, 15) is 4.79 Å². The summed E-state index contributed by atoms with van der Waals surface area (Å²) in [6, 6.07) is 14.3. The van der Waals surface area contributed by atoms with E-state index in [-0.39, 0.29) is 5.91 Å². The second-order valence-electron chi connectivity index (χ2n) is 6.90. The smallest absolute Gasteiger partial charge is 0.224 e. The van der Waals surface area contributed by atoms with Gasteiger partial charge in [-0.1, -0.05) is 23.7 Å². The molecule has 0 unspecified atom stereocenters. The van der Waals surface area contributed by atoms with Gasteiger partial charge in [-0.3, -0.25) is 4.79 Å². The standard InChI is InChI=1S/C21H26ClN3O/c1-16-12-17(2)14-19(13-16)23-7-6-21(26)25-10-8-24(9-11-25)20-5-3-4-18(22)15-20/h3-5,12-15,23H,6-11H2,1-2H3. The van der Waals surface area contributed by atoms with Gasteiger partial charge >= 0.3 is 0 Å². The lowest BCUT2D eigenvalue weighted by atomic mass is 10.1. The van der Waals surface area contributed by atoms with E-state index in [1.54, 1.807) is 0 Å². The number of nitrogens with one attached hydrogen (secondary N) is 1. The molecule has 1 heterocycles. The third-order valence-electron chi connectivity index (χ3n) is 4.70. The highest BCUT2D eigenvalue weighted by atomic mass is 35.5. The summed E-state index contributed by atoms with van der Waals surface area (Å²) in [5, 5.41) is 4.11. The number of carbonyl (C=O) groups excluding carboxylic acids is 1. The molecule has 0 bridgehead atoms. The Morgan fingerprint density at radius 3 is 2.38 bits per heavy atom. The number of benzene rings is 2. The number of rotatable bonds is 5. The molecule has 0 saturated carbocycles. The normalized spacial score (nSPS) is 14.4. The van der Waals surface area contributed by atoms with Crippen LogP contribution in [0.15, 0.2) is 42.5 Å². The van der Waals surface area contributed by atoms with E-state index in [0.29, 0.717) is 13.0 Å². The van der Waals surface area contributed by atoms with Crippen LogP contribution in [0, 0.1) is 13.8 Å². The minimum atomic E-state index is 0.215. The van der Waals surface area contributed by atoms with E-state index >= 15 is 0 Å². The molecule has 0 spiro atoms. The van der Waals surface area contributed by atoms with Crippen molar-refractivity contribution in [3.63, 3.8) is 0 Å². The summed E-state index contributed by atoms with van der Waals surface area (Å²) in [7, 11) is 0. The largest absolute Gasteiger partial charge is 0.385 e. The second kappa shape index (κ2) is 8.45. The maximum absolute atomic E-state index is 12.5. The second-order valence-corrected chi connectivity index (χ2v) is 7.34. The van der Waals surface area contributed by atoms with Crippen LogP contribution in [0.25, 0.3) is 0 Å². The Morgan fingerprint density at radius 1 is 1.04 bits per heavy atom. The Labute approximate surface area is 160 Å². The van der Waals surface area contributed by atoms with Crippen LogP contribution in [0.5, 0.6) is 0 Å².